The summed E-state index contributed by atoms with van der Waals surface area (Å²) in [5.41, 5.74) is 0. The molecule has 3 rings (SSSR count). The van der Waals surface area contributed by atoms with Crippen LogP contribution < -0.4 is 5.32 Å². The first kappa shape index (κ1) is 13.8. The molecule has 3 saturated heterocycles. The predicted molar refractivity (Wildman–Crippen MR) is 77.0 cm³/mol. The van der Waals surface area contributed by atoms with Gasteiger partial charge >= 0.3 is 0 Å². The highest BCUT2D eigenvalue weighted by molar-refractivity contribution is 7.91. The predicted octanol–water partition coefficient (Wildman–Crippen LogP) is 1.17. The van der Waals surface area contributed by atoms with E-state index >= 15 is 0 Å². The second-order valence-corrected chi connectivity index (χ2v) is 8.78. The average molecular weight is 286 g/mol. The van der Waals surface area contributed by atoms with Gasteiger partial charge in [0.15, 0.2) is 9.84 Å². The van der Waals surface area contributed by atoms with Gasteiger partial charge in [-0.2, -0.15) is 0 Å². The Labute approximate surface area is 116 Å². The zero-order chi connectivity index (χ0) is 13.5. The molecule has 0 aliphatic carbocycles. The molecule has 19 heavy (non-hydrogen) atoms. The summed E-state index contributed by atoms with van der Waals surface area (Å²) in [5.74, 6) is 0.816. The van der Waals surface area contributed by atoms with Gasteiger partial charge in [0.2, 0.25) is 0 Å². The molecule has 3 aliphatic heterocycles. The van der Waals surface area contributed by atoms with E-state index in [0.29, 0.717) is 35.7 Å². The zero-order valence-corrected chi connectivity index (χ0v) is 12.7. The molecule has 1 N–H and O–H groups in total. The van der Waals surface area contributed by atoms with Crippen molar-refractivity contribution in [3.05, 3.63) is 0 Å². The number of nitrogens with one attached hydrogen (secondary N) is 1. The molecule has 0 saturated carbocycles. The number of piperidine rings is 2. The number of sulfone groups is 1. The van der Waals surface area contributed by atoms with E-state index in [-0.39, 0.29) is 0 Å². The lowest BCUT2D eigenvalue weighted by atomic mass is 9.80. The summed E-state index contributed by atoms with van der Waals surface area (Å²) >= 11 is 0. The summed E-state index contributed by atoms with van der Waals surface area (Å²) in [6, 6.07) is 2.16. The fraction of sp³-hybridized carbons (Fsp3) is 1.00. The summed E-state index contributed by atoms with van der Waals surface area (Å²) < 4.78 is 23.8. The summed E-state index contributed by atoms with van der Waals surface area (Å²) in [7, 11) is -0.732. The number of fused-ring (bicyclic) bond motifs is 2. The van der Waals surface area contributed by atoms with Crippen LogP contribution in [0.25, 0.3) is 0 Å². The van der Waals surface area contributed by atoms with E-state index < -0.39 is 9.84 Å². The van der Waals surface area contributed by atoms with E-state index in [4.69, 9.17) is 0 Å². The molecule has 0 amide bonds. The van der Waals surface area contributed by atoms with Gasteiger partial charge in [-0.25, -0.2) is 8.42 Å². The van der Waals surface area contributed by atoms with Crippen LogP contribution in [0.1, 0.15) is 44.9 Å². The SMILES string of the molecule is CNC1CC2CCCC(C1)N2C1CCCS(=O)(=O)C1. The number of rotatable bonds is 2. The van der Waals surface area contributed by atoms with Crippen molar-refractivity contribution in [2.24, 2.45) is 0 Å². The lowest BCUT2D eigenvalue weighted by Gasteiger charge is -2.53. The summed E-state index contributed by atoms with van der Waals surface area (Å²) in [4.78, 5) is 2.61. The van der Waals surface area contributed by atoms with Gasteiger partial charge in [-0.3, -0.25) is 4.90 Å². The summed E-state index contributed by atoms with van der Waals surface area (Å²) in [6.07, 6.45) is 8.17. The first-order chi connectivity index (χ1) is 9.09. The average Bonchev–Trinajstić information content (AvgIpc) is 2.36. The Morgan fingerprint density at radius 2 is 1.63 bits per heavy atom. The number of hydrogen-bond donors (Lipinski definition) is 1. The van der Waals surface area contributed by atoms with Crippen LogP contribution in [0.3, 0.4) is 0 Å². The Bertz CT molecular complexity index is 409. The first-order valence-electron chi connectivity index (χ1n) is 7.74. The van der Waals surface area contributed by atoms with Gasteiger partial charge in [0.1, 0.15) is 0 Å². The number of nitrogens with zero attached hydrogens (tertiary/aromatic N) is 1. The van der Waals surface area contributed by atoms with Crippen molar-refractivity contribution in [2.45, 2.75) is 69.1 Å². The van der Waals surface area contributed by atoms with Gasteiger partial charge in [-0.15, -0.1) is 0 Å². The van der Waals surface area contributed by atoms with E-state index in [1.54, 1.807) is 0 Å². The second kappa shape index (κ2) is 5.34. The van der Waals surface area contributed by atoms with Crippen LogP contribution in [0.5, 0.6) is 0 Å². The quantitative estimate of drug-likeness (QED) is 0.828. The molecule has 2 bridgehead atoms. The van der Waals surface area contributed by atoms with Gasteiger partial charge in [0.05, 0.1) is 11.5 Å². The molecule has 110 valence electrons. The molecular formula is C14H26N2O2S. The highest BCUT2D eigenvalue weighted by atomic mass is 32.2. The van der Waals surface area contributed by atoms with Gasteiger partial charge in [0, 0.05) is 24.2 Å². The van der Waals surface area contributed by atoms with Gasteiger partial charge in [-0.05, 0) is 45.6 Å². The molecule has 3 heterocycles. The maximum atomic E-state index is 11.9. The van der Waals surface area contributed by atoms with Crippen LogP contribution >= 0.6 is 0 Å². The molecule has 0 aromatic carbocycles. The fourth-order valence-corrected chi connectivity index (χ4v) is 6.18. The molecule has 4 nitrogen and oxygen atoms in total. The summed E-state index contributed by atoms with van der Waals surface area (Å²) in [6.45, 7) is 0. The van der Waals surface area contributed by atoms with Crippen LogP contribution in [0.15, 0.2) is 0 Å². The van der Waals surface area contributed by atoms with Crippen LogP contribution in [-0.4, -0.2) is 56.0 Å². The third-order valence-corrected chi connectivity index (χ3v) is 7.10. The van der Waals surface area contributed by atoms with Gasteiger partial charge in [0.25, 0.3) is 0 Å². The van der Waals surface area contributed by atoms with Gasteiger partial charge in [-0.1, -0.05) is 6.42 Å². The minimum Gasteiger partial charge on any atom is -0.317 e. The Hall–Kier alpha value is -0.130. The van der Waals surface area contributed by atoms with Crippen molar-refractivity contribution >= 4 is 9.84 Å². The molecule has 3 atom stereocenters. The van der Waals surface area contributed by atoms with Gasteiger partial charge < -0.3 is 5.32 Å². The third-order valence-electron chi connectivity index (χ3n) is 5.30. The van der Waals surface area contributed by atoms with Crippen LogP contribution in [0, 0.1) is 0 Å². The van der Waals surface area contributed by atoms with Crippen molar-refractivity contribution in [3.8, 4) is 0 Å². The Kier molecular flexibility index (Phi) is 3.89. The lowest BCUT2D eigenvalue weighted by molar-refractivity contribution is -0.00672. The topological polar surface area (TPSA) is 49.4 Å². The summed E-state index contributed by atoms with van der Waals surface area (Å²) in [5, 5.41) is 3.43. The molecule has 3 unspecified atom stereocenters. The Balaban J connectivity index is 1.76. The molecule has 5 heteroatoms. The zero-order valence-electron chi connectivity index (χ0n) is 11.8. The Morgan fingerprint density at radius 1 is 1.00 bits per heavy atom. The van der Waals surface area contributed by atoms with E-state index in [9.17, 15) is 8.42 Å². The highest BCUT2D eigenvalue weighted by Crippen LogP contribution is 2.37. The third kappa shape index (κ3) is 2.83. The van der Waals surface area contributed by atoms with E-state index in [2.05, 4.69) is 17.3 Å². The van der Waals surface area contributed by atoms with Crippen molar-refractivity contribution < 1.29 is 8.42 Å². The normalized spacial score (nSPS) is 43.0. The minimum atomic E-state index is -2.79. The fourth-order valence-electron chi connectivity index (χ4n) is 4.48. The monoisotopic (exact) mass is 286 g/mol. The Morgan fingerprint density at radius 3 is 2.21 bits per heavy atom. The largest absolute Gasteiger partial charge is 0.317 e. The second-order valence-electron chi connectivity index (χ2n) is 6.55. The van der Waals surface area contributed by atoms with Crippen LogP contribution in [0.4, 0.5) is 0 Å². The molecule has 0 radical (unpaired) electrons. The highest BCUT2D eigenvalue weighted by Gasteiger charge is 2.43. The molecule has 0 aromatic heterocycles. The first-order valence-corrected chi connectivity index (χ1v) is 9.56. The molecule has 3 aliphatic rings. The van der Waals surface area contributed by atoms with Crippen molar-refractivity contribution in [2.75, 3.05) is 18.6 Å². The minimum absolute atomic E-state index is 0.298. The smallest absolute Gasteiger partial charge is 0.151 e. The molecule has 0 aromatic rings. The molecule has 3 fully saturated rings. The van der Waals surface area contributed by atoms with Crippen LogP contribution in [-0.2, 0) is 9.84 Å². The standard InChI is InChI=1S/C14H26N2O2S/c1-15-11-8-12-4-2-5-13(9-11)16(12)14-6-3-7-19(17,18)10-14/h11-15H,2-10H2,1H3. The van der Waals surface area contributed by atoms with Crippen LogP contribution in [0.2, 0.25) is 0 Å². The maximum absolute atomic E-state index is 11.9. The number of hydrogen-bond acceptors (Lipinski definition) is 4. The van der Waals surface area contributed by atoms with E-state index in [1.165, 1.54) is 32.1 Å². The van der Waals surface area contributed by atoms with Crippen molar-refractivity contribution in [1.29, 1.82) is 0 Å². The molecule has 0 spiro atoms. The molecular weight excluding hydrogens is 260 g/mol. The van der Waals surface area contributed by atoms with E-state index in [0.717, 1.165) is 12.8 Å². The maximum Gasteiger partial charge on any atom is 0.151 e. The lowest BCUT2D eigenvalue weighted by Crippen LogP contribution is -2.61. The van der Waals surface area contributed by atoms with Crippen molar-refractivity contribution in [1.82, 2.24) is 10.2 Å². The van der Waals surface area contributed by atoms with Crippen molar-refractivity contribution in [3.63, 3.8) is 0 Å². The van der Waals surface area contributed by atoms with E-state index in [1.807, 2.05) is 0 Å².